The predicted octanol–water partition coefficient (Wildman–Crippen LogP) is 5.46. The molecule has 2 aromatic carbocycles. The first kappa shape index (κ1) is 20.9. The van der Waals surface area contributed by atoms with Crippen LogP contribution in [0.25, 0.3) is 11.8 Å². The topological polar surface area (TPSA) is 24.3 Å². The number of aromatic nitrogens is 2. The van der Waals surface area contributed by atoms with Crippen LogP contribution in [0.2, 0.25) is 10.0 Å². The highest BCUT2D eigenvalue weighted by molar-refractivity contribution is 6.35. The van der Waals surface area contributed by atoms with Crippen LogP contribution in [-0.4, -0.2) is 47.4 Å². The van der Waals surface area contributed by atoms with Gasteiger partial charge < -0.3 is 4.90 Å². The van der Waals surface area contributed by atoms with Crippen molar-refractivity contribution in [3.63, 3.8) is 0 Å². The monoisotopic (exact) mass is 444 g/mol. The summed E-state index contributed by atoms with van der Waals surface area (Å²) >= 11 is 12.3. The molecule has 1 aromatic heterocycles. The molecular weight excluding hydrogens is 422 g/mol. The lowest BCUT2D eigenvalue weighted by Crippen LogP contribution is -2.46. The zero-order valence-corrected chi connectivity index (χ0v) is 18.2. The molecule has 0 amide bonds. The SMILES string of the molecule is Cc1c(/C=C/CN2CCN(c3cc(Cl)cc(Cl)c3)CC2)cnn1-c1ccccc1F. The molecular formula is C23H23Cl2FN4. The summed E-state index contributed by atoms with van der Waals surface area (Å²) in [5.41, 5.74) is 3.44. The number of benzene rings is 2. The van der Waals surface area contributed by atoms with Gasteiger partial charge in [-0.2, -0.15) is 5.10 Å². The van der Waals surface area contributed by atoms with Crippen molar-refractivity contribution in [3.05, 3.63) is 81.9 Å². The van der Waals surface area contributed by atoms with Gasteiger partial charge in [0.05, 0.1) is 6.20 Å². The minimum Gasteiger partial charge on any atom is -0.369 e. The van der Waals surface area contributed by atoms with Crippen molar-refractivity contribution >= 4 is 35.0 Å². The van der Waals surface area contributed by atoms with Crippen LogP contribution in [0.4, 0.5) is 10.1 Å². The van der Waals surface area contributed by atoms with Gasteiger partial charge in [0.2, 0.25) is 0 Å². The Hall–Kier alpha value is -2.34. The fourth-order valence-electron chi connectivity index (χ4n) is 3.69. The van der Waals surface area contributed by atoms with Crippen LogP contribution in [0, 0.1) is 12.7 Å². The number of rotatable bonds is 5. The van der Waals surface area contributed by atoms with Gasteiger partial charge in [0, 0.05) is 59.7 Å². The first-order valence-corrected chi connectivity index (χ1v) is 10.7. The Morgan fingerprint density at radius 3 is 2.43 bits per heavy atom. The molecule has 30 heavy (non-hydrogen) atoms. The Morgan fingerprint density at radius 1 is 1.03 bits per heavy atom. The largest absolute Gasteiger partial charge is 0.369 e. The minimum atomic E-state index is -0.280. The summed E-state index contributed by atoms with van der Waals surface area (Å²) in [6.07, 6.45) is 5.98. The lowest BCUT2D eigenvalue weighted by Gasteiger charge is -2.35. The lowest BCUT2D eigenvalue weighted by molar-refractivity contribution is 0.284. The molecule has 3 aromatic rings. The van der Waals surface area contributed by atoms with Gasteiger partial charge in [-0.3, -0.25) is 4.90 Å². The molecule has 1 aliphatic rings. The number of hydrogen-bond donors (Lipinski definition) is 0. The molecule has 0 bridgehead atoms. The van der Waals surface area contributed by atoms with Crippen LogP contribution >= 0.6 is 23.2 Å². The van der Waals surface area contributed by atoms with Crippen molar-refractivity contribution in [1.82, 2.24) is 14.7 Å². The van der Waals surface area contributed by atoms with Gasteiger partial charge >= 0.3 is 0 Å². The zero-order valence-electron chi connectivity index (χ0n) is 16.7. The third-order valence-electron chi connectivity index (χ3n) is 5.37. The minimum absolute atomic E-state index is 0.280. The van der Waals surface area contributed by atoms with Crippen LogP contribution in [-0.2, 0) is 0 Å². The maximum absolute atomic E-state index is 14.1. The summed E-state index contributed by atoms with van der Waals surface area (Å²) in [7, 11) is 0. The van der Waals surface area contributed by atoms with E-state index in [9.17, 15) is 4.39 Å². The molecule has 4 nitrogen and oxygen atoms in total. The summed E-state index contributed by atoms with van der Waals surface area (Å²) in [4.78, 5) is 4.70. The first-order chi connectivity index (χ1) is 14.5. The fourth-order valence-corrected chi connectivity index (χ4v) is 4.21. The van der Waals surface area contributed by atoms with Crippen molar-refractivity contribution < 1.29 is 4.39 Å². The third kappa shape index (κ3) is 4.69. The van der Waals surface area contributed by atoms with Gasteiger partial charge in [-0.15, -0.1) is 0 Å². The molecule has 0 unspecified atom stereocenters. The van der Waals surface area contributed by atoms with Gasteiger partial charge in [0.15, 0.2) is 0 Å². The van der Waals surface area contributed by atoms with Crippen LogP contribution < -0.4 is 4.90 Å². The second-order valence-electron chi connectivity index (χ2n) is 7.37. The molecule has 2 heterocycles. The second-order valence-corrected chi connectivity index (χ2v) is 8.24. The Labute approximate surface area is 186 Å². The maximum atomic E-state index is 14.1. The van der Waals surface area contributed by atoms with E-state index in [1.54, 1.807) is 29.1 Å². The normalized spacial score (nSPS) is 15.3. The zero-order chi connectivity index (χ0) is 21.1. The molecule has 0 spiro atoms. The standard InChI is InChI=1S/C23H23Cl2FN4/c1-17-18(16-27-30(17)23-7-3-2-6-22(23)26)5-4-8-28-9-11-29(12-10-28)21-14-19(24)13-20(25)15-21/h2-7,13-16H,8-12H2,1H3/b5-4+. The van der Waals surface area contributed by atoms with Crippen LogP contribution in [0.5, 0.6) is 0 Å². The van der Waals surface area contributed by atoms with E-state index in [-0.39, 0.29) is 5.82 Å². The summed E-state index contributed by atoms with van der Waals surface area (Å²) in [5, 5.41) is 5.68. The van der Waals surface area contributed by atoms with E-state index in [1.165, 1.54) is 6.07 Å². The number of para-hydroxylation sites is 1. The number of halogens is 3. The van der Waals surface area contributed by atoms with Gasteiger partial charge in [-0.25, -0.2) is 9.07 Å². The van der Waals surface area contributed by atoms with E-state index in [1.807, 2.05) is 25.1 Å². The van der Waals surface area contributed by atoms with Crippen molar-refractivity contribution in [3.8, 4) is 5.69 Å². The highest BCUT2D eigenvalue weighted by atomic mass is 35.5. The van der Waals surface area contributed by atoms with E-state index in [2.05, 4.69) is 27.1 Å². The number of nitrogens with zero attached hydrogens (tertiary/aromatic N) is 4. The molecule has 0 aliphatic carbocycles. The Morgan fingerprint density at radius 2 is 1.73 bits per heavy atom. The van der Waals surface area contributed by atoms with E-state index in [0.29, 0.717) is 15.7 Å². The molecule has 1 fully saturated rings. The predicted molar refractivity (Wildman–Crippen MR) is 122 cm³/mol. The van der Waals surface area contributed by atoms with Crippen LogP contribution in [0.3, 0.4) is 0 Å². The van der Waals surface area contributed by atoms with E-state index in [0.717, 1.165) is 49.7 Å². The molecule has 0 saturated carbocycles. The summed E-state index contributed by atoms with van der Waals surface area (Å²) < 4.78 is 15.7. The van der Waals surface area contributed by atoms with E-state index in [4.69, 9.17) is 23.2 Å². The van der Waals surface area contributed by atoms with Gasteiger partial charge in [0.25, 0.3) is 0 Å². The fraction of sp³-hybridized carbons (Fsp3) is 0.261. The number of hydrogen-bond acceptors (Lipinski definition) is 3. The van der Waals surface area contributed by atoms with E-state index < -0.39 is 0 Å². The average molecular weight is 445 g/mol. The third-order valence-corrected chi connectivity index (χ3v) is 5.81. The molecule has 0 atom stereocenters. The van der Waals surface area contributed by atoms with Crippen LogP contribution in [0.1, 0.15) is 11.3 Å². The number of piperazine rings is 1. The Kier molecular flexibility index (Phi) is 6.42. The number of anilines is 1. The Balaban J connectivity index is 1.34. The molecule has 1 aliphatic heterocycles. The highest BCUT2D eigenvalue weighted by Crippen LogP contribution is 2.26. The summed E-state index contributed by atoms with van der Waals surface area (Å²) in [6, 6.07) is 12.3. The van der Waals surface area contributed by atoms with E-state index >= 15 is 0 Å². The molecule has 1 saturated heterocycles. The van der Waals surface area contributed by atoms with Crippen molar-refractivity contribution in [2.24, 2.45) is 0 Å². The molecule has 0 radical (unpaired) electrons. The average Bonchev–Trinajstić information content (AvgIpc) is 3.08. The summed E-state index contributed by atoms with van der Waals surface area (Å²) in [6.45, 7) is 6.58. The second kappa shape index (κ2) is 9.21. The Bertz CT molecular complexity index is 1030. The molecule has 156 valence electrons. The van der Waals surface area contributed by atoms with Gasteiger partial charge in [-0.1, -0.05) is 47.5 Å². The quantitative estimate of drug-likeness (QED) is 0.521. The summed E-state index contributed by atoms with van der Waals surface area (Å²) in [5.74, 6) is -0.280. The highest BCUT2D eigenvalue weighted by Gasteiger charge is 2.17. The first-order valence-electron chi connectivity index (χ1n) is 9.91. The van der Waals surface area contributed by atoms with Crippen molar-refractivity contribution in [2.75, 3.05) is 37.6 Å². The smallest absolute Gasteiger partial charge is 0.148 e. The van der Waals surface area contributed by atoms with Crippen LogP contribution in [0.15, 0.2) is 54.7 Å². The molecule has 0 N–H and O–H groups in total. The van der Waals surface area contributed by atoms with Crippen molar-refractivity contribution in [1.29, 1.82) is 0 Å². The van der Waals surface area contributed by atoms with Crippen molar-refractivity contribution in [2.45, 2.75) is 6.92 Å². The van der Waals surface area contributed by atoms with Gasteiger partial charge in [-0.05, 0) is 37.3 Å². The van der Waals surface area contributed by atoms with Gasteiger partial charge in [0.1, 0.15) is 11.5 Å². The molecule has 4 rings (SSSR count). The lowest BCUT2D eigenvalue weighted by atomic mass is 10.2. The maximum Gasteiger partial charge on any atom is 0.148 e. The molecule has 7 heteroatoms.